The Hall–Kier alpha value is -2.02. The Labute approximate surface area is 115 Å². The first-order chi connectivity index (χ1) is 9.25. The summed E-state index contributed by atoms with van der Waals surface area (Å²) < 4.78 is 0. The van der Waals surface area contributed by atoms with E-state index in [0.717, 1.165) is 6.54 Å². The van der Waals surface area contributed by atoms with Crippen LogP contribution < -0.4 is 4.90 Å². The molecule has 0 aromatic heterocycles. The average Bonchev–Trinajstić information content (AvgIpc) is 2.47. The molecule has 1 heterocycles. The zero-order valence-electron chi connectivity index (χ0n) is 11.5. The quantitative estimate of drug-likeness (QED) is 0.726. The van der Waals surface area contributed by atoms with Gasteiger partial charge in [-0.15, -0.1) is 0 Å². The van der Waals surface area contributed by atoms with E-state index in [4.69, 9.17) is 0 Å². The van der Waals surface area contributed by atoms with Crippen molar-refractivity contribution in [2.24, 2.45) is 0 Å². The summed E-state index contributed by atoms with van der Waals surface area (Å²) in [6, 6.07) is 17.4. The molecule has 0 saturated carbocycles. The largest absolute Gasteiger partial charge is 0.337 e. The normalized spacial score (nSPS) is 13.7. The molecule has 2 aromatic rings. The number of para-hydroxylation sites is 1. The van der Waals surface area contributed by atoms with Crippen molar-refractivity contribution in [2.75, 3.05) is 11.4 Å². The van der Waals surface area contributed by atoms with Crippen molar-refractivity contribution in [1.29, 1.82) is 0 Å². The van der Waals surface area contributed by atoms with E-state index in [2.05, 4.69) is 79.4 Å². The van der Waals surface area contributed by atoms with Crippen molar-refractivity contribution in [3.63, 3.8) is 0 Å². The zero-order chi connectivity index (χ0) is 13.2. The summed E-state index contributed by atoms with van der Waals surface area (Å²) in [5, 5.41) is 0. The van der Waals surface area contributed by atoms with Gasteiger partial charge in [-0.25, -0.2) is 0 Å². The molecule has 0 saturated heterocycles. The molecular formula is C18H19N. The maximum absolute atomic E-state index is 2.38. The third-order valence-electron chi connectivity index (χ3n) is 3.67. The third kappa shape index (κ3) is 2.28. The molecule has 0 amide bonds. The fraction of sp³-hybridized carbons (Fsp3) is 0.222. The summed E-state index contributed by atoms with van der Waals surface area (Å²) in [6.07, 6.45) is 4.45. The van der Waals surface area contributed by atoms with Gasteiger partial charge in [-0.1, -0.05) is 56.3 Å². The molecule has 1 nitrogen and oxygen atoms in total. The van der Waals surface area contributed by atoms with Crippen molar-refractivity contribution < 1.29 is 0 Å². The first-order valence-corrected chi connectivity index (χ1v) is 6.89. The Bertz CT molecular complexity index is 596. The minimum Gasteiger partial charge on any atom is -0.337 e. The maximum atomic E-state index is 2.38. The first-order valence-electron chi connectivity index (χ1n) is 6.89. The maximum Gasteiger partial charge on any atom is 0.0490 e. The van der Waals surface area contributed by atoms with Crippen LogP contribution in [0.15, 0.2) is 54.6 Å². The number of hydrogen-bond donors (Lipinski definition) is 0. The van der Waals surface area contributed by atoms with Crippen LogP contribution in [0.1, 0.15) is 30.9 Å². The summed E-state index contributed by atoms with van der Waals surface area (Å²) in [6.45, 7) is 5.43. The Kier molecular flexibility index (Phi) is 3.12. The molecule has 0 unspecified atom stereocenters. The van der Waals surface area contributed by atoms with Gasteiger partial charge in [0.25, 0.3) is 0 Å². The average molecular weight is 249 g/mol. The highest BCUT2D eigenvalue weighted by Crippen LogP contribution is 2.34. The van der Waals surface area contributed by atoms with Crippen molar-refractivity contribution in [3.05, 3.63) is 65.7 Å². The fourth-order valence-electron chi connectivity index (χ4n) is 2.53. The highest BCUT2D eigenvalue weighted by Gasteiger charge is 2.15. The lowest BCUT2D eigenvalue weighted by atomic mass is 9.98. The minimum atomic E-state index is 0.564. The lowest BCUT2D eigenvalue weighted by Gasteiger charge is -2.29. The highest BCUT2D eigenvalue weighted by molar-refractivity contribution is 5.78. The predicted molar refractivity (Wildman–Crippen MR) is 83.0 cm³/mol. The van der Waals surface area contributed by atoms with E-state index in [1.165, 1.54) is 22.5 Å². The predicted octanol–water partition coefficient (Wildman–Crippen LogP) is 4.97. The molecular weight excluding hydrogens is 230 g/mol. The fourth-order valence-corrected chi connectivity index (χ4v) is 2.53. The smallest absolute Gasteiger partial charge is 0.0490 e. The van der Waals surface area contributed by atoms with Crippen LogP contribution in [-0.2, 0) is 0 Å². The standard InChI is InChI=1S/C18H19N/c1-14(2)16-11-10-15-7-6-12-19(18(15)13-16)17-8-4-3-5-9-17/h3-11,13-14H,12H2,1-2H3. The second-order valence-electron chi connectivity index (χ2n) is 5.32. The van der Waals surface area contributed by atoms with Gasteiger partial charge < -0.3 is 4.90 Å². The Morgan fingerprint density at radius 2 is 1.79 bits per heavy atom. The van der Waals surface area contributed by atoms with Crippen molar-refractivity contribution in [2.45, 2.75) is 19.8 Å². The van der Waals surface area contributed by atoms with E-state index < -0.39 is 0 Å². The molecule has 0 atom stereocenters. The van der Waals surface area contributed by atoms with Crippen molar-refractivity contribution >= 4 is 17.5 Å². The molecule has 96 valence electrons. The lowest BCUT2D eigenvalue weighted by Crippen LogP contribution is -2.20. The second kappa shape index (κ2) is 4.93. The van der Waals surface area contributed by atoms with Gasteiger partial charge in [0.15, 0.2) is 0 Å². The van der Waals surface area contributed by atoms with E-state index >= 15 is 0 Å². The van der Waals surface area contributed by atoms with Crippen molar-refractivity contribution in [1.82, 2.24) is 0 Å². The minimum absolute atomic E-state index is 0.564. The van der Waals surface area contributed by atoms with Gasteiger partial charge >= 0.3 is 0 Å². The lowest BCUT2D eigenvalue weighted by molar-refractivity contribution is 0.864. The van der Waals surface area contributed by atoms with Gasteiger partial charge in [0, 0.05) is 17.9 Å². The molecule has 0 fully saturated rings. The zero-order valence-corrected chi connectivity index (χ0v) is 11.5. The van der Waals surface area contributed by atoms with Gasteiger partial charge in [-0.05, 0) is 35.2 Å². The Morgan fingerprint density at radius 1 is 1.00 bits per heavy atom. The number of rotatable bonds is 2. The summed E-state index contributed by atoms with van der Waals surface area (Å²) in [7, 11) is 0. The summed E-state index contributed by atoms with van der Waals surface area (Å²) in [5.74, 6) is 0.564. The van der Waals surface area contributed by atoms with E-state index in [1.54, 1.807) is 0 Å². The van der Waals surface area contributed by atoms with Gasteiger partial charge in [0.2, 0.25) is 0 Å². The molecule has 0 N–H and O–H groups in total. The van der Waals surface area contributed by atoms with Crippen molar-refractivity contribution in [3.8, 4) is 0 Å². The molecule has 1 aliphatic heterocycles. The molecule has 3 rings (SSSR count). The summed E-state index contributed by atoms with van der Waals surface area (Å²) >= 11 is 0. The van der Waals surface area contributed by atoms with E-state index in [0.29, 0.717) is 5.92 Å². The van der Waals surface area contributed by atoms with Crippen LogP contribution in [0.25, 0.3) is 6.08 Å². The van der Waals surface area contributed by atoms with Crippen LogP contribution in [0, 0.1) is 0 Å². The molecule has 1 aliphatic rings. The Morgan fingerprint density at radius 3 is 2.53 bits per heavy atom. The third-order valence-corrected chi connectivity index (χ3v) is 3.67. The molecule has 2 aromatic carbocycles. The van der Waals surface area contributed by atoms with Crippen LogP contribution in [0.5, 0.6) is 0 Å². The molecule has 0 bridgehead atoms. The van der Waals surface area contributed by atoms with Gasteiger partial charge in [0.1, 0.15) is 0 Å². The Balaban J connectivity index is 2.08. The first kappa shape index (κ1) is 12.0. The second-order valence-corrected chi connectivity index (χ2v) is 5.32. The van der Waals surface area contributed by atoms with Crippen LogP contribution in [0.3, 0.4) is 0 Å². The van der Waals surface area contributed by atoms with E-state index in [-0.39, 0.29) is 0 Å². The number of hydrogen-bond acceptors (Lipinski definition) is 1. The van der Waals surface area contributed by atoms with Gasteiger partial charge in [0.05, 0.1) is 0 Å². The number of benzene rings is 2. The molecule has 19 heavy (non-hydrogen) atoms. The van der Waals surface area contributed by atoms with Crippen LogP contribution in [-0.4, -0.2) is 6.54 Å². The molecule has 1 heteroatoms. The number of anilines is 2. The topological polar surface area (TPSA) is 3.24 Å². The monoisotopic (exact) mass is 249 g/mol. The highest BCUT2D eigenvalue weighted by atomic mass is 15.1. The van der Waals surface area contributed by atoms with Gasteiger partial charge in [-0.3, -0.25) is 0 Å². The SMILES string of the molecule is CC(C)c1ccc2c(c1)N(c1ccccc1)CC=C2. The number of fused-ring (bicyclic) bond motifs is 1. The number of nitrogens with zero attached hydrogens (tertiary/aromatic N) is 1. The van der Waals surface area contributed by atoms with Crippen LogP contribution >= 0.6 is 0 Å². The molecule has 0 aliphatic carbocycles. The van der Waals surface area contributed by atoms with Crippen LogP contribution in [0.4, 0.5) is 11.4 Å². The van der Waals surface area contributed by atoms with Crippen LogP contribution in [0.2, 0.25) is 0 Å². The van der Waals surface area contributed by atoms with Gasteiger partial charge in [-0.2, -0.15) is 0 Å². The summed E-state index contributed by atoms with van der Waals surface area (Å²) in [5.41, 5.74) is 5.28. The van der Waals surface area contributed by atoms with E-state index in [9.17, 15) is 0 Å². The molecule has 0 spiro atoms. The molecule has 0 radical (unpaired) electrons. The summed E-state index contributed by atoms with van der Waals surface area (Å²) in [4.78, 5) is 2.38. The van der Waals surface area contributed by atoms with E-state index in [1.807, 2.05) is 0 Å².